The number of benzene rings is 1. The lowest BCUT2D eigenvalue weighted by molar-refractivity contribution is 0.0520. The lowest BCUT2D eigenvalue weighted by Crippen LogP contribution is -2.23. The molecule has 0 spiro atoms. The van der Waals surface area contributed by atoms with E-state index in [1.54, 1.807) is 6.92 Å². The van der Waals surface area contributed by atoms with Crippen LogP contribution < -0.4 is 0 Å². The Morgan fingerprint density at radius 3 is 2.65 bits per heavy atom. The third kappa shape index (κ3) is 3.22. The van der Waals surface area contributed by atoms with Crippen LogP contribution in [-0.4, -0.2) is 54.8 Å². The molecule has 0 unspecified atom stereocenters. The molecule has 0 fully saturated rings. The summed E-state index contributed by atoms with van der Waals surface area (Å²) >= 11 is 0. The second kappa shape index (κ2) is 6.42. The summed E-state index contributed by atoms with van der Waals surface area (Å²) in [7, 11) is -1.39. The number of aromatic amines is 1. The minimum atomic E-state index is -3.98. The van der Waals surface area contributed by atoms with E-state index in [4.69, 9.17) is 4.74 Å². The van der Waals surface area contributed by atoms with Crippen molar-refractivity contribution in [3.05, 3.63) is 29.7 Å². The van der Waals surface area contributed by atoms with Crippen LogP contribution >= 0.6 is 0 Å². The highest BCUT2D eigenvalue weighted by Crippen LogP contribution is 2.26. The van der Waals surface area contributed by atoms with Gasteiger partial charge in [-0.15, -0.1) is 5.10 Å². The number of hydrogen-bond donors (Lipinski definition) is 1. The van der Waals surface area contributed by atoms with E-state index in [9.17, 15) is 17.6 Å². The molecule has 0 amide bonds. The number of H-pyrrole nitrogens is 1. The summed E-state index contributed by atoms with van der Waals surface area (Å²) in [5.41, 5.74) is 0.203. The van der Waals surface area contributed by atoms with Crippen molar-refractivity contribution in [3.8, 4) is 11.3 Å². The molecule has 0 atom stereocenters. The van der Waals surface area contributed by atoms with E-state index in [1.165, 1.54) is 20.2 Å². The van der Waals surface area contributed by atoms with Crippen LogP contribution in [0.25, 0.3) is 11.3 Å². The lowest BCUT2D eigenvalue weighted by Gasteiger charge is -2.12. The second-order valence-corrected chi connectivity index (χ2v) is 6.79. The molecule has 1 heterocycles. The molecule has 23 heavy (non-hydrogen) atoms. The quantitative estimate of drug-likeness (QED) is 0.814. The predicted octanol–water partition coefficient (Wildman–Crippen LogP) is 1.04. The van der Waals surface area contributed by atoms with E-state index < -0.39 is 26.7 Å². The van der Waals surface area contributed by atoms with Gasteiger partial charge in [0.2, 0.25) is 10.0 Å². The van der Waals surface area contributed by atoms with Crippen molar-refractivity contribution in [1.82, 2.24) is 19.7 Å². The first kappa shape index (κ1) is 17.0. The van der Waals surface area contributed by atoms with Gasteiger partial charge in [-0.1, -0.05) is 0 Å². The highest BCUT2D eigenvalue weighted by Gasteiger charge is 2.25. The Hall–Kier alpha value is -2.33. The van der Waals surface area contributed by atoms with Gasteiger partial charge in [0.1, 0.15) is 16.4 Å². The number of carbonyl (C=O) groups excluding carboxylic acids is 1. The van der Waals surface area contributed by atoms with Crippen molar-refractivity contribution >= 4 is 16.0 Å². The van der Waals surface area contributed by atoms with Gasteiger partial charge in [0.25, 0.3) is 0 Å². The van der Waals surface area contributed by atoms with Gasteiger partial charge in [0.15, 0.2) is 5.69 Å². The van der Waals surface area contributed by atoms with Crippen LogP contribution in [-0.2, 0) is 14.8 Å². The van der Waals surface area contributed by atoms with Gasteiger partial charge in [0, 0.05) is 19.7 Å². The van der Waals surface area contributed by atoms with Crippen LogP contribution in [0.4, 0.5) is 4.39 Å². The van der Waals surface area contributed by atoms with Gasteiger partial charge in [-0.05, 0) is 25.1 Å². The average Bonchev–Trinajstić information content (AvgIpc) is 2.97. The van der Waals surface area contributed by atoms with E-state index >= 15 is 0 Å². The molecule has 0 aliphatic carbocycles. The Balaban J connectivity index is 2.56. The van der Waals surface area contributed by atoms with Gasteiger partial charge in [0.05, 0.1) is 6.61 Å². The van der Waals surface area contributed by atoms with Gasteiger partial charge >= 0.3 is 5.97 Å². The van der Waals surface area contributed by atoms with E-state index in [0.29, 0.717) is 0 Å². The second-order valence-electron chi connectivity index (χ2n) is 4.67. The summed E-state index contributed by atoms with van der Waals surface area (Å²) in [6.45, 7) is 1.78. The number of esters is 1. The van der Waals surface area contributed by atoms with E-state index in [-0.39, 0.29) is 23.6 Å². The summed E-state index contributed by atoms with van der Waals surface area (Å²) in [5.74, 6) is -1.61. The van der Waals surface area contributed by atoms with Crippen molar-refractivity contribution in [2.45, 2.75) is 11.8 Å². The summed E-state index contributed by atoms with van der Waals surface area (Å²) in [6, 6.07) is 3.41. The van der Waals surface area contributed by atoms with Crippen molar-refractivity contribution < 1.29 is 22.3 Å². The number of ether oxygens (including phenoxy) is 1. The third-order valence-electron chi connectivity index (χ3n) is 2.98. The number of aromatic nitrogens is 3. The Labute approximate surface area is 132 Å². The average molecular weight is 342 g/mol. The Morgan fingerprint density at radius 1 is 1.35 bits per heavy atom. The van der Waals surface area contributed by atoms with Crippen molar-refractivity contribution in [2.75, 3.05) is 20.7 Å². The molecule has 8 nitrogen and oxygen atoms in total. The maximum Gasteiger partial charge on any atom is 0.361 e. The first-order chi connectivity index (χ1) is 10.8. The van der Waals surface area contributed by atoms with Crippen LogP contribution in [0, 0.1) is 5.82 Å². The molecule has 0 saturated carbocycles. The number of hydrogen-bond acceptors (Lipinski definition) is 6. The molecule has 0 saturated heterocycles. The Morgan fingerprint density at radius 2 is 2.04 bits per heavy atom. The molecule has 0 aliphatic heterocycles. The predicted molar refractivity (Wildman–Crippen MR) is 78.6 cm³/mol. The smallest absolute Gasteiger partial charge is 0.361 e. The maximum atomic E-state index is 13.9. The zero-order chi connectivity index (χ0) is 17.2. The zero-order valence-electron chi connectivity index (χ0n) is 12.7. The minimum absolute atomic E-state index is 0.0821. The zero-order valence-corrected chi connectivity index (χ0v) is 13.5. The van der Waals surface area contributed by atoms with E-state index in [1.807, 2.05) is 0 Å². The highest BCUT2D eigenvalue weighted by atomic mass is 32.2. The minimum Gasteiger partial charge on any atom is -0.461 e. The fraction of sp³-hybridized carbons (Fsp3) is 0.308. The van der Waals surface area contributed by atoms with Crippen molar-refractivity contribution in [2.24, 2.45) is 0 Å². The van der Waals surface area contributed by atoms with Crippen LogP contribution in [0.1, 0.15) is 17.4 Å². The van der Waals surface area contributed by atoms with Gasteiger partial charge in [-0.3, -0.25) is 0 Å². The Kier molecular flexibility index (Phi) is 4.76. The van der Waals surface area contributed by atoms with E-state index in [2.05, 4.69) is 15.4 Å². The number of nitrogens with one attached hydrogen (secondary N) is 1. The number of nitrogens with zero attached hydrogens (tertiary/aromatic N) is 3. The standard InChI is InChI=1S/C13H15FN4O4S/c1-4-22-13(19)12-11(15-17-16-12)8-5-6-9(14)10(7-8)23(20,21)18(2)3/h5-7H,4H2,1-3H3,(H,15,16,17). The molecule has 0 bridgehead atoms. The van der Waals surface area contributed by atoms with Crippen molar-refractivity contribution in [1.29, 1.82) is 0 Å². The molecule has 0 aliphatic rings. The SMILES string of the molecule is CCOC(=O)c1n[nH]nc1-c1ccc(F)c(S(=O)(=O)N(C)C)c1. The van der Waals surface area contributed by atoms with Crippen LogP contribution in [0.15, 0.2) is 23.1 Å². The monoisotopic (exact) mass is 342 g/mol. The first-order valence-electron chi connectivity index (χ1n) is 6.59. The number of rotatable bonds is 5. The summed E-state index contributed by atoms with van der Waals surface area (Å²) in [4.78, 5) is 11.3. The molecule has 124 valence electrons. The molecular formula is C13H15FN4O4S. The number of carbonyl (C=O) groups is 1. The van der Waals surface area contributed by atoms with Crippen LogP contribution in [0.5, 0.6) is 0 Å². The summed E-state index contributed by atoms with van der Waals surface area (Å²) in [5, 5.41) is 9.79. The first-order valence-corrected chi connectivity index (χ1v) is 8.03. The number of sulfonamides is 1. The molecule has 2 aromatic rings. The Bertz CT molecular complexity index is 832. The third-order valence-corrected chi connectivity index (χ3v) is 4.81. The largest absolute Gasteiger partial charge is 0.461 e. The van der Waals surface area contributed by atoms with Gasteiger partial charge in [-0.25, -0.2) is 21.9 Å². The van der Waals surface area contributed by atoms with E-state index in [0.717, 1.165) is 16.4 Å². The molecule has 10 heteroatoms. The fourth-order valence-corrected chi connectivity index (χ4v) is 2.80. The van der Waals surface area contributed by atoms with Crippen LogP contribution in [0.3, 0.4) is 0 Å². The maximum absolute atomic E-state index is 13.9. The van der Waals surface area contributed by atoms with Gasteiger partial charge < -0.3 is 4.74 Å². The van der Waals surface area contributed by atoms with Crippen molar-refractivity contribution in [3.63, 3.8) is 0 Å². The molecule has 1 aromatic heterocycles. The molecule has 2 rings (SSSR count). The fourth-order valence-electron chi connectivity index (χ4n) is 1.82. The highest BCUT2D eigenvalue weighted by molar-refractivity contribution is 7.89. The molecule has 0 radical (unpaired) electrons. The molecule has 1 N–H and O–H groups in total. The summed E-state index contributed by atoms with van der Waals surface area (Å²) < 4.78 is 43.9. The van der Waals surface area contributed by atoms with Crippen LogP contribution in [0.2, 0.25) is 0 Å². The topological polar surface area (TPSA) is 105 Å². The summed E-state index contributed by atoms with van der Waals surface area (Å²) in [6.07, 6.45) is 0. The molecular weight excluding hydrogens is 327 g/mol. The van der Waals surface area contributed by atoms with Gasteiger partial charge in [-0.2, -0.15) is 10.3 Å². The number of halogens is 1. The lowest BCUT2D eigenvalue weighted by atomic mass is 10.1. The normalized spacial score (nSPS) is 11.7. The molecule has 1 aromatic carbocycles.